The van der Waals surface area contributed by atoms with Crippen LogP contribution in [0.2, 0.25) is 0 Å². The van der Waals surface area contributed by atoms with E-state index in [1.807, 2.05) is 25.1 Å². The van der Waals surface area contributed by atoms with Gasteiger partial charge in [0.05, 0.1) is 12.0 Å². The molecule has 2 atom stereocenters. The highest BCUT2D eigenvalue weighted by atomic mass is 16.5. The zero-order valence-corrected chi connectivity index (χ0v) is 12.7. The molecule has 1 aromatic carbocycles. The maximum atomic E-state index is 12.4. The van der Waals surface area contributed by atoms with Gasteiger partial charge >= 0.3 is 5.97 Å². The van der Waals surface area contributed by atoms with E-state index in [0.717, 1.165) is 18.4 Å². The second kappa shape index (κ2) is 6.92. The van der Waals surface area contributed by atoms with Crippen LogP contribution in [0.3, 0.4) is 0 Å². The second-order valence-corrected chi connectivity index (χ2v) is 5.81. The number of ether oxygens (including phenoxy) is 1. The Morgan fingerprint density at radius 1 is 1.20 bits per heavy atom. The van der Waals surface area contributed by atoms with Gasteiger partial charge in [0.2, 0.25) is 0 Å². The van der Waals surface area contributed by atoms with Crippen molar-refractivity contribution in [1.82, 2.24) is 0 Å². The predicted octanol–water partition coefficient (Wildman–Crippen LogP) is 4.48. The van der Waals surface area contributed by atoms with Crippen LogP contribution in [0.25, 0.3) is 0 Å². The number of rotatable bonds is 8. The molecule has 0 bridgehead atoms. The molecule has 0 amide bonds. The second-order valence-electron chi connectivity index (χ2n) is 5.81. The normalized spacial score (nSPS) is 24.4. The number of hydrogen-bond donors (Lipinski definition) is 0. The summed E-state index contributed by atoms with van der Waals surface area (Å²) in [4.78, 5) is 12.4. The molecule has 0 aromatic heterocycles. The monoisotopic (exact) mass is 274 g/mol. The van der Waals surface area contributed by atoms with Crippen LogP contribution in [-0.4, -0.2) is 12.6 Å². The maximum Gasteiger partial charge on any atom is 0.316 e. The lowest BCUT2D eigenvalue weighted by Crippen LogP contribution is -2.25. The highest BCUT2D eigenvalue weighted by Crippen LogP contribution is 2.57. The smallest absolute Gasteiger partial charge is 0.316 e. The largest absolute Gasteiger partial charge is 0.465 e. The first-order chi connectivity index (χ1) is 9.75. The van der Waals surface area contributed by atoms with Crippen molar-refractivity contribution in [1.29, 1.82) is 0 Å². The van der Waals surface area contributed by atoms with Crippen LogP contribution in [0.15, 0.2) is 30.3 Å². The van der Waals surface area contributed by atoms with Crippen LogP contribution in [0.1, 0.15) is 57.9 Å². The van der Waals surface area contributed by atoms with E-state index in [9.17, 15) is 4.79 Å². The third-order valence-electron chi connectivity index (χ3n) is 4.44. The molecule has 0 N–H and O–H groups in total. The van der Waals surface area contributed by atoms with Crippen LogP contribution < -0.4 is 0 Å². The molecule has 2 heteroatoms. The molecule has 1 fully saturated rings. The Labute approximate surface area is 122 Å². The zero-order valence-electron chi connectivity index (χ0n) is 12.7. The number of esters is 1. The number of carbonyl (C=O) groups is 1. The summed E-state index contributed by atoms with van der Waals surface area (Å²) < 4.78 is 5.34. The number of benzene rings is 1. The fourth-order valence-corrected chi connectivity index (χ4v) is 3.21. The fraction of sp³-hybridized carbons (Fsp3) is 0.611. The van der Waals surface area contributed by atoms with Crippen LogP contribution >= 0.6 is 0 Å². The molecule has 0 saturated heterocycles. The third kappa shape index (κ3) is 3.05. The quantitative estimate of drug-likeness (QED) is 0.516. The molecule has 2 nitrogen and oxygen atoms in total. The Morgan fingerprint density at radius 3 is 2.60 bits per heavy atom. The van der Waals surface area contributed by atoms with E-state index in [1.54, 1.807) is 0 Å². The lowest BCUT2D eigenvalue weighted by molar-refractivity contribution is -0.146. The molecule has 0 spiro atoms. The molecular formula is C18H26O2. The van der Waals surface area contributed by atoms with Crippen LogP contribution in [0.5, 0.6) is 0 Å². The Morgan fingerprint density at radius 2 is 1.95 bits per heavy atom. The van der Waals surface area contributed by atoms with Gasteiger partial charge in [-0.25, -0.2) is 0 Å². The minimum Gasteiger partial charge on any atom is -0.465 e. The van der Waals surface area contributed by atoms with E-state index < -0.39 is 0 Å². The SMILES string of the molecule is CCCCCC[C@@H]1C[C@]1(C(=O)OCC)c1ccccc1. The number of unbranched alkanes of at least 4 members (excludes halogenated alkanes) is 3. The molecular weight excluding hydrogens is 248 g/mol. The van der Waals surface area contributed by atoms with Crippen molar-refractivity contribution < 1.29 is 9.53 Å². The van der Waals surface area contributed by atoms with Crippen molar-refractivity contribution in [2.75, 3.05) is 6.61 Å². The van der Waals surface area contributed by atoms with Gasteiger partial charge in [-0.3, -0.25) is 4.79 Å². The first-order valence-corrected chi connectivity index (χ1v) is 7.98. The average Bonchev–Trinajstić information content (AvgIpc) is 3.21. The minimum atomic E-state index is -0.344. The van der Waals surface area contributed by atoms with Gasteiger partial charge in [0.15, 0.2) is 0 Å². The average molecular weight is 274 g/mol. The molecule has 20 heavy (non-hydrogen) atoms. The lowest BCUT2D eigenvalue weighted by atomic mass is 9.91. The molecule has 0 radical (unpaired) electrons. The summed E-state index contributed by atoms with van der Waals surface area (Å²) in [6.07, 6.45) is 7.17. The Bertz CT molecular complexity index is 426. The standard InChI is InChI=1S/C18H26O2/c1-3-5-6-8-13-16-14-18(16,17(19)20-4-2)15-11-9-7-10-12-15/h7,9-12,16H,3-6,8,13-14H2,1-2H3/t16-,18+/m1/s1. The first kappa shape index (κ1) is 15.1. The van der Waals surface area contributed by atoms with Gasteiger partial charge in [-0.1, -0.05) is 62.9 Å². The van der Waals surface area contributed by atoms with Crippen molar-refractivity contribution in [2.45, 2.75) is 57.8 Å². The summed E-state index contributed by atoms with van der Waals surface area (Å²) >= 11 is 0. The highest BCUT2D eigenvalue weighted by molar-refractivity contribution is 5.87. The van der Waals surface area contributed by atoms with Crippen LogP contribution in [0, 0.1) is 5.92 Å². The van der Waals surface area contributed by atoms with E-state index in [-0.39, 0.29) is 11.4 Å². The molecule has 110 valence electrons. The van der Waals surface area contributed by atoms with Gasteiger partial charge in [-0.2, -0.15) is 0 Å². The summed E-state index contributed by atoms with van der Waals surface area (Å²) in [5.41, 5.74) is 0.794. The van der Waals surface area contributed by atoms with E-state index in [1.165, 1.54) is 25.7 Å². The summed E-state index contributed by atoms with van der Waals surface area (Å²) in [5, 5.41) is 0. The molecule has 1 aromatic rings. The van der Waals surface area contributed by atoms with Crippen molar-refractivity contribution in [3.05, 3.63) is 35.9 Å². The van der Waals surface area contributed by atoms with Crippen LogP contribution in [-0.2, 0) is 14.9 Å². The Hall–Kier alpha value is -1.31. The highest BCUT2D eigenvalue weighted by Gasteiger charge is 2.61. The molecule has 0 aliphatic heterocycles. The van der Waals surface area contributed by atoms with E-state index in [2.05, 4.69) is 19.1 Å². The molecule has 1 saturated carbocycles. The van der Waals surface area contributed by atoms with Gasteiger partial charge in [0.1, 0.15) is 0 Å². The van der Waals surface area contributed by atoms with Crippen molar-refractivity contribution in [2.24, 2.45) is 5.92 Å². The van der Waals surface area contributed by atoms with E-state index >= 15 is 0 Å². The predicted molar refractivity (Wildman–Crippen MR) is 81.6 cm³/mol. The number of carbonyl (C=O) groups excluding carboxylic acids is 1. The van der Waals surface area contributed by atoms with Crippen LogP contribution in [0.4, 0.5) is 0 Å². The fourth-order valence-electron chi connectivity index (χ4n) is 3.21. The lowest BCUT2D eigenvalue weighted by Gasteiger charge is -2.16. The Kier molecular flexibility index (Phi) is 5.22. The minimum absolute atomic E-state index is 0.0216. The van der Waals surface area contributed by atoms with Crippen molar-refractivity contribution in [3.8, 4) is 0 Å². The molecule has 2 rings (SSSR count). The van der Waals surface area contributed by atoms with E-state index in [4.69, 9.17) is 4.74 Å². The summed E-state index contributed by atoms with van der Waals surface area (Å²) in [7, 11) is 0. The van der Waals surface area contributed by atoms with Gasteiger partial charge in [-0.05, 0) is 31.2 Å². The third-order valence-corrected chi connectivity index (χ3v) is 4.44. The Balaban J connectivity index is 2.03. The van der Waals surface area contributed by atoms with Gasteiger partial charge in [0.25, 0.3) is 0 Å². The molecule has 0 unspecified atom stereocenters. The van der Waals surface area contributed by atoms with Crippen molar-refractivity contribution in [3.63, 3.8) is 0 Å². The van der Waals surface area contributed by atoms with Gasteiger partial charge in [0, 0.05) is 0 Å². The van der Waals surface area contributed by atoms with Gasteiger partial charge in [-0.15, -0.1) is 0 Å². The number of hydrogen-bond acceptors (Lipinski definition) is 2. The molecule has 1 aliphatic carbocycles. The summed E-state index contributed by atoms with van der Waals surface area (Å²) in [5.74, 6) is 0.451. The zero-order chi connectivity index (χ0) is 14.4. The summed E-state index contributed by atoms with van der Waals surface area (Å²) in [6.45, 7) is 4.58. The molecule has 1 aliphatic rings. The van der Waals surface area contributed by atoms with Crippen molar-refractivity contribution >= 4 is 5.97 Å². The first-order valence-electron chi connectivity index (χ1n) is 7.98. The van der Waals surface area contributed by atoms with E-state index in [0.29, 0.717) is 12.5 Å². The summed E-state index contributed by atoms with van der Waals surface area (Å²) in [6, 6.07) is 10.2. The topological polar surface area (TPSA) is 26.3 Å². The van der Waals surface area contributed by atoms with Gasteiger partial charge < -0.3 is 4.74 Å². The molecule has 0 heterocycles. The maximum absolute atomic E-state index is 12.4.